The number of ether oxygens (including phenoxy) is 2. The van der Waals surface area contributed by atoms with E-state index in [2.05, 4.69) is 22.3 Å². The maximum Gasteiger partial charge on any atom is 0.225 e. The highest BCUT2D eigenvalue weighted by molar-refractivity contribution is 5.80. The van der Waals surface area contributed by atoms with Gasteiger partial charge in [0.2, 0.25) is 5.91 Å². The molecule has 0 aromatic heterocycles. The van der Waals surface area contributed by atoms with Crippen molar-refractivity contribution < 1.29 is 14.3 Å². The number of nitrogens with two attached hydrogens (primary N) is 1. The number of hydrogen-bond acceptors (Lipinski definition) is 5. The van der Waals surface area contributed by atoms with Gasteiger partial charge >= 0.3 is 0 Å². The van der Waals surface area contributed by atoms with Crippen LogP contribution in [0.1, 0.15) is 44.2 Å². The number of rotatable bonds is 6. The van der Waals surface area contributed by atoms with Gasteiger partial charge in [0, 0.05) is 25.2 Å². The zero-order valence-electron chi connectivity index (χ0n) is 16.6. The van der Waals surface area contributed by atoms with Crippen LogP contribution in [0.5, 0.6) is 5.75 Å². The van der Waals surface area contributed by atoms with Crippen molar-refractivity contribution in [3.8, 4) is 5.75 Å². The Morgan fingerprint density at radius 1 is 1.33 bits per heavy atom. The standard InChI is InChI=1S/C21H33N3O3/c1-21(22)10-4-3-5-18(21)20(25)23-15-19(24-11-13-27-14-12-24)16-6-8-17(26-2)9-7-16/h6-9,18-19H,3-5,10-15,22H2,1-2H3,(H,23,25). The Labute approximate surface area is 162 Å². The van der Waals surface area contributed by atoms with Crippen LogP contribution in [-0.2, 0) is 9.53 Å². The van der Waals surface area contributed by atoms with E-state index < -0.39 is 5.54 Å². The van der Waals surface area contributed by atoms with E-state index in [1.54, 1.807) is 7.11 Å². The van der Waals surface area contributed by atoms with E-state index in [1.807, 2.05) is 19.1 Å². The summed E-state index contributed by atoms with van der Waals surface area (Å²) in [7, 11) is 1.67. The highest BCUT2D eigenvalue weighted by Crippen LogP contribution is 2.32. The van der Waals surface area contributed by atoms with Crippen molar-refractivity contribution in [3.63, 3.8) is 0 Å². The second-order valence-electron chi connectivity index (χ2n) is 7.99. The zero-order valence-corrected chi connectivity index (χ0v) is 16.6. The van der Waals surface area contributed by atoms with Crippen molar-refractivity contribution in [2.75, 3.05) is 40.0 Å². The average Bonchev–Trinajstić information content (AvgIpc) is 2.69. The molecule has 150 valence electrons. The monoisotopic (exact) mass is 375 g/mol. The number of benzene rings is 1. The maximum absolute atomic E-state index is 12.9. The predicted octanol–water partition coefficient (Wildman–Crippen LogP) is 2.09. The Morgan fingerprint density at radius 3 is 2.67 bits per heavy atom. The van der Waals surface area contributed by atoms with Crippen molar-refractivity contribution >= 4 is 5.91 Å². The fraction of sp³-hybridized carbons (Fsp3) is 0.667. The second-order valence-corrected chi connectivity index (χ2v) is 7.99. The summed E-state index contributed by atoms with van der Waals surface area (Å²) in [5.74, 6) is 0.823. The predicted molar refractivity (Wildman–Crippen MR) is 106 cm³/mol. The van der Waals surface area contributed by atoms with Gasteiger partial charge in [-0.05, 0) is 37.5 Å². The highest BCUT2D eigenvalue weighted by Gasteiger charge is 2.38. The van der Waals surface area contributed by atoms with Crippen LogP contribution >= 0.6 is 0 Å². The molecule has 3 atom stereocenters. The number of hydrogen-bond donors (Lipinski definition) is 2. The maximum atomic E-state index is 12.9. The molecule has 6 nitrogen and oxygen atoms in total. The lowest BCUT2D eigenvalue weighted by Gasteiger charge is -2.38. The van der Waals surface area contributed by atoms with E-state index in [9.17, 15) is 4.79 Å². The van der Waals surface area contributed by atoms with Gasteiger partial charge in [0.25, 0.3) is 0 Å². The Hall–Kier alpha value is -1.63. The largest absolute Gasteiger partial charge is 0.497 e. The molecular weight excluding hydrogens is 342 g/mol. The minimum atomic E-state index is -0.406. The van der Waals surface area contributed by atoms with E-state index in [-0.39, 0.29) is 17.9 Å². The minimum Gasteiger partial charge on any atom is -0.497 e. The normalized spacial score (nSPS) is 27.7. The molecule has 0 spiro atoms. The Balaban J connectivity index is 1.69. The lowest BCUT2D eigenvalue weighted by molar-refractivity contribution is -0.128. The first kappa shape index (κ1) is 20.1. The van der Waals surface area contributed by atoms with Gasteiger partial charge in [0.15, 0.2) is 0 Å². The fourth-order valence-electron chi connectivity index (χ4n) is 4.28. The van der Waals surface area contributed by atoms with Crippen molar-refractivity contribution in [1.29, 1.82) is 0 Å². The van der Waals surface area contributed by atoms with Crippen molar-refractivity contribution in [3.05, 3.63) is 29.8 Å². The molecule has 1 heterocycles. The van der Waals surface area contributed by atoms with Crippen LogP contribution in [0, 0.1) is 5.92 Å². The van der Waals surface area contributed by atoms with Gasteiger partial charge in [-0.1, -0.05) is 25.0 Å². The van der Waals surface area contributed by atoms with E-state index in [1.165, 1.54) is 5.56 Å². The summed E-state index contributed by atoms with van der Waals surface area (Å²) in [6.45, 7) is 5.78. The molecule has 1 amide bonds. The van der Waals surface area contributed by atoms with Gasteiger partial charge in [-0.2, -0.15) is 0 Å². The summed E-state index contributed by atoms with van der Waals surface area (Å²) in [5, 5.41) is 3.20. The molecule has 2 fully saturated rings. The number of carbonyl (C=O) groups excluding carboxylic acids is 1. The number of nitrogens with one attached hydrogen (secondary N) is 1. The summed E-state index contributed by atoms with van der Waals surface area (Å²) >= 11 is 0. The third-order valence-electron chi connectivity index (χ3n) is 6.03. The molecule has 6 heteroatoms. The van der Waals surface area contributed by atoms with Gasteiger partial charge in [0.1, 0.15) is 5.75 Å². The number of carbonyl (C=O) groups is 1. The smallest absolute Gasteiger partial charge is 0.225 e. The van der Waals surface area contributed by atoms with Crippen LogP contribution in [0.3, 0.4) is 0 Å². The number of morpholine rings is 1. The van der Waals surface area contributed by atoms with Crippen LogP contribution in [0.15, 0.2) is 24.3 Å². The Kier molecular flexibility index (Phi) is 6.73. The molecule has 3 unspecified atom stereocenters. The summed E-state index contributed by atoms with van der Waals surface area (Å²) in [6, 6.07) is 8.24. The van der Waals surface area contributed by atoms with Gasteiger partial charge in [-0.15, -0.1) is 0 Å². The Morgan fingerprint density at radius 2 is 2.04 bits per heavy atom. The van der Waals surface area contributed by atoms with Gasteiger partial charge in [0.05, 0.1) is 32.3 Å². The summed E-state index contributed by atoms with van der Waals surface area (Å²) in [6.07, 6.45) is 3.98. The van der Waals surface area contributed by atoms with E-state index in [0.717, 1.165) is 57.7 Å². The molecule has 3 rings (SSSR count). The third-order valence-corrected chi connectivity index (χ3v) is 6.03. The lowest BCUT2D eigenvalue weighted by Crippen LogP contribution is -2.54. The number of methoxy groups -OCH3 is 1. The molecule has 1 saturated carbocycles. The molecule has 27 heavy (non-hydrogen) atoms. The second kappa shape index (κ2) is 9.04. The molecule has 1 aliphatic carbocycles. The van der Waals surface area contributed by atoms with Gasteiger partial charge in [-0.3, -0.25) is 9.69 Å². The van der Waals surface area contributed by atoms with Crippen molar-refractivity contribution in [2.45, 2.75) is 44.2 Å². The van der Waals surface area contributed by atoms with Crippen LogP contribution in [-0.4, -0.2) is 56.3 Å². The molecule has 2 aliphatic rings. The SMILES string of the molecule is COc1ccc(C(CNC(=O)C2CCCCC2(C)N)N2CCOCC2)cc1. The number of nitrogens with zero attached hydrogens (tertiary/aromatic N) is 1. The van der Waals surface area contributed by atoms with E-state index in [0.29, 0.717) is 6.54 Å². The molecule has 3 N–H and O–H groups in total. The molecule has 0 bridgehead atoms. The summed E-state index contributed by atoms with van der Waals surface area (Å²) < 4.78 is 10.8. The van der Waals surface area contributed by atoms with Crippen LogP contribution < -0.4 is 15.8 Å². The van der Waals surface area contributed by atoms with Crippen LogP contribution in [0.25, 0.3) is 0 Å². The topological polar surface area (TPSA) is 76.8 Å². The van der Waals surface area contributed by atoms with Gasteiger partial charge in [-0.25, -0.2) is 0 Å². The first-order valence-corrected chi connectivity index (χ1v) is 10.0. The first-order valence-electron chi connectivity index (χ1n) is 10.0. The molecule has 1 aromatic rings. The van der Waals surface area contributed by atoms with Crippen molar-refractivity contribution in [1.82, 2.24) is 10.2 Å². The average molecular weight is 376 g/mol. The fourth-order valence-corrected chi connectivity index (χ4v) is 4.28. The van der Waals surface area contributed by atoms with E-state index in [4.69, 9.17) is 15.2 Å². The van der Waals surface area contributed by atoms with Crippen molar-refractivity contribution in [2.24, 2.45) is 11.7 Å². The van der Waals surface area contributed by atoms with Crippen LogP contribution in [0.4, 0.5) is 0 Å². The lowest BCUT2D eigenvalue weighted by atomic mass is 9.74. The quantitative estimate of drug-likeness (QED) is 0.796. The molecular formula is C21H33N3O3. The Bertz CT molecular complexity index is 612. The molecule has 1 saturated heterocycles. The minimum absolute atomic E-state index is 0.0893. The number of amides is 1. The molecule has 1 aliphatic heterocycles. The summed E-state index contributed by atoms with van der Waals surface area (Å²) in [4.78, 5) is 15.3. The van der Waals surface area contributed by atoms with Gasteiger partial charge < -0.3 is 20.5 Å². The molecule has 1 aromatic carbocycles. The van der Waals surface area contributed by atoms with Crippen LogP contribution in [0.2, 0.25) is 0 Å². The summed E-state index contributed by atoms with van der Waals surface area (Å²) in [5.41, 5.74) is 7.19. The highest BCUT2D eigenvalue weighted by atomic mass is 16.5. The zero-order chi connectivity index (χ0) is 19.3. The van der Waals surface area contributed by atoms with E-state index >= 15 is 0 Å². The molecule has 0 radical (unpaired) electrons. The third kappa shape index (κ3) is 5.00. The first-order chi connectivity index (χ1) is 13.0.